The average molecular weight is 206 g/mol. The van der Waals surface area contributed by atoms with Crippen molar-refractivity contribution in [2.45, 2.75) is 51.9 Å². The smallest absolute Gasteiger partial charge is 0.139 e. The highest BCUT2D eigenvalue weighted by Gasteiger charge is 2.57. The lowest BCUT2D eigenvalue weighted by Crippen LogP contribution is -2.23. The predicted molar refractivity (Wildman–Crippen MR) is 60.5 cm³/mol. The first-order chi connectivity index (χ1) is 7.27. The quantitative estimate of drug-likeness (QED) is 0.676. The van der Waals surface area contributed by atoms with Crippen molar-refractivity contribution in [2.75, 3.05) is 0 Å². The highest BCUT2D eigenvalue weighted by atomic mass is 16.1. The van der Waals surface area contributed by atoms with E-state index in [1.54, 1.807) is 0 Å². The fourth-order valence-electron chi connectivity index (χ4n) is 4.06. The molecule has 1 heteroatoms. The maximum Gasteiger partial charge on any atom is 0.139 e. The third-order valence-corrected chi connectivity index (χ3v) is 5.15. The van der Waals surface area contributed by atoms with Crippen molar-refractivity contribution in [1.29, 1.82) is 0 Å². The lowest BCUT2D eigenvalue weighted by atomic mass is 9.79. The molecule has 0 N–H and O–H groups in total. The Bertz CT molecular complexity index is 253. The molecule has 2 atom stereocenters. The average Bonchev–Trinajstić information content (AvgIpc) is 2.72. The molecule has 2 unspecified atom stereocenters. The van der Waals surface area contributed by atoms with E-state index < -0.39 is 0 Å². The maximum absolute atomic E-state index is 12.3. The van der Waals surface area contributed by atoms with Gasteiger partial charge in [0, 0.05) is 11.8 Å². The van der Waals surface area contributed by atoms with Crippen LogP contribution in [0.25, 0.3) is 0 Å². The number of rotatable bonds is 2. The first-order valence-electron chi connectivity index (χ1n) is 6.81. The van der Waals surface area contributed by atoms with Gasteiger partial charge in [-0.25, -0.2) is 0 Å². The van der Waals surface area contributed by atoms with Crippen LogP contribution < -0.4 is 0 Å². The molecule has 0 aromatic carbocycles. The van der Waals surface area contributed by atoms with Crippen LogP contribution in [0.3, 0.4) is 0 Å². The molecular weight excluding hydrogens is 184 g/mol. The Hall–Kier alpha value is -0.330. The minimum absolute atomic E-state index is 0.455. The molecule has 0 heterocycles. The van der Waals surface area contributed by atoms with E-state index in [0.29, 0.717) is 17.6 Å². The highest BCUT2D eigenvalue weighted by Crippen LogP contribution is 2.59. The summed E-state index contributed by atoms with van der Waals surface area (Å²) >= 11 is 0. The second kappa shape index (κ2) is 3.61. The number of fused-ring (bicyclic) bond motifs is 1. The van der Waals surface area contributed by atoms with Gasteiger partial charge >= 0.3 is 0 Å². The lowest BCUT2D eigenvalue weighted by molar-refractivity contribution is -0.126. The number of carbonyl (C=O) groups excluding carboxylic acids is 1. The molecule has 3 aliphatic carbocycles. The second-order valence-corrected chi connectivity index (χ2v) is 6.14. The molecule has 0 aromatic rings. The fraction of sp³-hybridized carbons (Fsp3) is 0.929. The van der Waals surface area contributed by atoms with Gasteiger partial charge in [-0.15, -0.1) is 0 Å². The zero-order valence-electron chi connectivity index (χ0n) is 9.74. The molecule has 3 saturated carbocycles. The predicted octanol–water partition coefficient (Wildman–Crippen LogP) is 3.43. The molecule has 3 aliphatic rings. The number of carbonyl (C=O) groups is 1. The van der Waals surface area contributed by atoms with Crippen LogP contribution in [0.15, 0.2) is 0 Å². The van der Waals surface area contributed by atoms with Gasteiger partial charge in [-0.2, -0.15) is 0 Å². The zero-order chi connectivity index (χ0) is 10.4. The molecular formula is C14H22O. The molecule has 0 amide bonds. The SMILES string of the molecule is CC1CCC(C(=O)C2C3CCCC32)CC1. The van der Waals surface area contributed by atoms with Gasteiger partial charge in [0.25, 0.3) is 0 Å². The van der Waals surface area contributed by atoms with Crippen LogP contribution >= 0.6 is 0 Å². The molecule has 0 bridgehead atoms. The Morgan fingerprint density at radius 2 is 1.53 bits per heavy atom. The third-order valence-electron chi connectivity index (χ3n) is 5.15. The van der Waals surface area contributed by atoms with Crippen molar-refractivity contribution in [2.24, 2.45) is 29.6 Å². The molecule has 1 nitrogen and oxygen atoms in total. The monoisotopic (exact) mass is 206 g/mol. The fourth-order valence-corrected chi connectivity index (χ4v) is 4.06. The Kier molecular flexibility index (Phi) is 2.37. The van der Waals surface area contributed by atoms with Gasteiger partial charge in [0.15, 0.2) is 0 Å². The third kappa shape index (κ3) is 1.64. The molecule has 0 radical (unpaired) electrons. The van der Waals surface area contributed by atoms with E-state index in [0.717, 1.165) is 17.8 Å². The highest BCUT2D eigenvalue weighted by molar-refractivity contribution is 5.86. The van der Waals surface area contributed by atoms with Crippen molar-refractivity contribution >= 4 is 5.78 Å². The van der Waals surface area contributed by atoms with Gasteiger partial charge in [-0.3, -0.25) is 4.79 Å². The molecule has 0 aliphatic heterocycles. The molecule has 0 aromatic heterocycles. The normalized spacial score (nSPS) is 48.7. The van der Waals surface area contributed by atoms with Gasteiger partial charge < -0.3 is 0 Å². The second-order valence-electron chi connectivity index (χ2n) is 6.14. The largest absolute Gasteiger partial charge is 0.299 e. The van der Waals surface area contributed by atoms with Gasteiger partial charge in [-0.05, 0) is 43.4 Å². The summed E-state index contributed by atoms with van der Waals surface area (Å²) < 4.78 is 0. The summed E-state index contributed by atoms with van der Waals surface area (Å²) in [5, 5.41) is 0. The van der Waals surface area contributed by atoms with Crippen LogP contribution in [0.2, 0.25) is 0 Å². The van der Waals surface area contributed by atoms with Crippen LogP contribution in [-0.2, 0) is 4.79 Å². The maximum atomic E-state index is 12.3. The van der Waals surface area contributed by atoms with Crippen LogP contribution in [0.4, 0.5) is 0 Å². The van der Waals surface area contributed by atoms with Gasteiger partial charge in [0.1, 0.15) is 5.78 Å². The van der Waals surface area contributed by atoms with Crippen molar-refractivity contribution < 1.29 is 4.79 Å². The summed E-state index contributed by atoms with van der Waals surface area (Å²) in [5.74, 6) is 4.17. The molecule has 0 spiro atoms. The van der Waals surface area contributed by atoms with E-state index >= 15 is 0 Å². The van der Waals surface area contributed by atoms with E-state index in [4.69, 9.17) is 0 Å². The molecule has 15 heavy (non-hydrogen) atoms. The molecule has 84 valence electrons. The van der Waals surface area contributed by atoms with E-state index in [-0.39, 0.29) is 0 Å². The van der Waals surface area contributed by atoms with Crippen molar-refractivity contribution in [3.05, 3.63) is 0 Å². The summed E-state index contributed by atoms with van der Waals surface area (Å²) in [4.78, 5) is 12.3. The summed E-state index contributed by atoms with van der Waals surface area (Å²) in [7, 11) is 0. The van der Waals surface area contributed by atoms with Crippen molar-refractivity contribution in [3.8, 4) is 0 Å². The Labute approximate surface area is 92.6 Å². The van der Waals surface area contributed by atoms with Gasteiger partial charge in [-0.1, -0.05) is 26.2 Å². The van der Waals surface area contributed by atoms with E-state index in [1.165, 1.54) is 44.9 Å². The molecule has 3 rings (SSSR count). The molecule has 0 saturated heterocycles. The summed E-state index contributed by atoms with van der Waals surface area (Å²) in [6.07, 6.45) is 9.05. The minimum atomic E-state index is 0.455. The number of Topliss-reactive ketones (excluding diaryl/α,β-unsaturated/α-hetero) is 1. The van der Waals surface area contributed by atoms with E-state index in [9.17, 15) is 4.79 Å². The number of ketones is 1. The lowest BCUT2D eigenvalue weighted by Gasteiger charge is -2.25. The van der Waals surface area contributed by atoms with Crippen LogP contribution in [0.1, 0.15) is 51.9 Å². The summed E-state index contributed by atoms with van der Waals surface area (Å²) in [5.41, 5.74) is 0. The van der Waals surface area contributed by atoms with Gasteiger partial charge in [0.2, 0.25) is 0 Å². The van der Waals surface area contributed by atoms with Crippen molar-refractivity contribution in [3.63, 3.8) is 0 Å². The van der Waals surface area contributed by atoms with E-state index in [1.807, 2.05) is 0 Å². The van der Waals surface area contributed by atoms with Crippen LogP contribution in [-0.4, -0.2) is 5.78 Å². The minimum Gasteiger partial charge on any atom is -0.299 e. The Morgan fingerprint density at radius 3 is 2.13 bits per heavy atom. The summed E-state index contributed by atoms with van der Waals surface area (Å²) in [6, 6.07) is 0. The van der Waals surface area contributed by atoms with Crippen molar-refractivity contribution in [1.82, 2.24) is 0 Å². The Morgan fingerprint density at radius 1 is 0.933 bits per heavy atom. The Balaban J connectivity index is 1.57. The van der Waals surface area contributed by atoms with Crippen LogP contribution in [0.5, 0.6) is 0 Å². The zero-order valence-corrected chi connectivity index (χ0v) is 9.74. The topological polar surface area (TPSA) is 17.1 Å². The summed E-state index contributed by atoms with van der Waals surface area (Å²) in [6.45, 7) is 2.33. The standard InChI is InChI=1S/C14H22O/c1-9-5-7-10(8-6-9)14(15)13-11-3-2-4-12(11)13/h9-13H,2-8H2,1H3. The van der Waals surface area contributed by atoms with Crippen LogP contribution in [0, 0.1) is 29.6 Å². The number of hydrogen-bond donors (Lipinski definition) is 0. The first kappa shape index (κ1) is 9.86. The molecule has 3 fully saturated rings. The first-order valence-corrected chi connectivity index (χ1v) is 6.81. The van der Waals surface area contributed by atoms with E-state index in [2.05, 4.69) is 6.92 Å². The van der Waals surface area contributed by atoms with Gasteiger partial charge in [0.05, 0.1) is 0 Å². The number of hydrogen-bond acceptors (Lipinski definition) is 1.